The number of nitrogen functional groups attached to an aromatic ring is 1. The Bertz CT molecular complexity index is 402. The summed E-state index contributed by atoms with van der Waals surface area (Å²) in [5.74, 6) is 0.197. The van der Waals surface area contributed by atoms with Gasteiger partial charge in [-0.3, -0.25) is 9.69 Å². The van der Waals surface area contributed by atoms with E-state index in [1.54, 1.807) is 0 Å². The molecule has 17 heavy (non-hydrogen) atoms. The highest BCUT2D eigenvalue weighted by molar-refractivity contribution is 5.79. The summed E-state index contributed by atoms with van der Waals surface area (Å²) >= 11 is 0. The first-order valence-electron chi connectivity index (χ1n) is 5.88. The first kappa shape index (κ1) is 11.9. The topological polar surface area (TPSA) is 49.6 Å². The monoisotopic (exact) mass is 233 g/mol. The summed E-state index contributed by atoms with van der Waals surface area (Å²) in [4.78, 5) is 15.9. The van der Waals surface area contributed by atoms with Gasteiger partial charge in [-0.25, -0.2) is 0 Å². The molecule has 1 unspecified atom stereocenters. The Morgan fingerprint density at radius 1 is 1.35 bits per heavy atom. The standard InChI is InChI=1S/C13H19N3O/c1-10-7-15(2)9-13(17)16(10)8-11-3-5-12(14)6-4-11/h3-6,10H,7-9,14H2,1-2H3. The largest absolute Gasteiger partial charge is 0.399 e. The van der Waals surface area contributed by atoms with Gasteiger partial charge < -0.3 is 10.6 Å². The Balaban J connectivity index is 2.07. The minimum absolute atomic E-state index is 0.197. The predicted octanol–water partition coefficient (Wildman–Crippen LogP) is 0.931. The van der Waals surface area contributed by atoms with E-state index in [1.165, 1.54) is 0 Å². The molecule has 1 aromatic rings. The molecule has 0 aliphatic carbocycles. The predicted molar refractivity (Wildman–Crippen MR) is 68.4 cm³/mol. The molecule has 1 amide bonds. The third-order valence-electron chi connectivity index (χ3n) is 3.17. The smallest absolute Gasteiger partial charge is 0.237 e. The number of carbonyl (C=O) groups is 1. The highest BCUT2D eigenvalue weighted by atomic mass is 16.2. The van der Waals surface area contributed by atoms with Gasteiger partial charge in [-0.2, -0.15) is 0 Å². The van der Waals surface area contributed by atoms with Gasteiger partial charge in [-0.1, -0.05) is 12.1 Å². The van der Waals surface area contributed by atoms with Gasteiger partial charge in [0.15, 0.2) is 0 Å². The van der Waals surface area contributed by atoms with Crippen LogP contribution in [0.2, 0.25) is 0 Å². The average Bonchev–Trinajstić information content (AvgIpc) is 2.26. The summed E-state index contributed by atoms with van der Waals surface area (Å²) in [5, 5.41) is 0. The van der Waals surface area contributed by atoms with Crippen molar-refractivity contribution in [1.29, 1.82) is 0 Å². The average molecular weight is 233 g/mol. The lowest BCUT2D eigenvalue weighted by Crippen LogP contribution is -2.53. The van der Waals surface area contributed by atoms with Gasteiger partial charge in [0, 0.05) is 24.8 Å². The molecule has 0 saturated carbocycles. The lowest BCUT2D eigenvalue weighted by atomic mass is 10.1. The Morgan fingerprint density at radius 3 is 2.59 bits per heavy atom. The highest BCUT2D eigenvalue weighted by Gasteiger charge is 2.27. The molecule has 92 valence electrons. The fraction of sp³-hybridized carbons (Fsp3) is 0.462. The summed E-state index contributed by atoms with van der Waals surface area (Å²) in [5.41, 5.74) is 7.53. The van der Waals surface area contributed by atoms with Crippen LogP contribution in [-0.4, -0.2) is 41.9 Å². The molecule has 4 nitrogen and oxygen atoms in total. The molecule has 1 aromatic carbocycles. The molecule has 2 rings (SSSR count). The van der Waals surface area contributed by atoms with Crippen LogP contribution in [0.4, 0.5) is 5.69 Å². The van der Waals surface area contributed by atoms with E-state index >= 15 is 0 Å². The van der Waals surface area contributed by atoms with E-state index in [9.17, 15) is 4.79 Å². The van der Waals surface area contributed by atoms with E-state index in [1.807, 2.05) is 36.2 Å². The van der Waals surface area contributed by atoms with E-state index in [0.717, 1.165) is 17.8 Å². The first-order chi connectivity index (χ1) is 8.06. The van der Waals surface area contributed by atoms with Crippen molar-refractivity contribution in [3.63, 3.8) is 0 Å². The molecule has 1 aliphatic heterocycles. The Hall–Kier alpha value is -1.55. The lowest BCUT2D eigenvalue weighted by molar-refractivity contribution is -0.139. The first-order valence-corrected chi connectivity index (χ1v) is 5.88. The van der Waals surface area contributed by atoms with Gasteiger partial charge in [0.2, 0.25) is 5.91 Å². The number of rotatable bonds is 2. The fourth-order valence-electron chi connectivity index (χ4n) is 2.25. The van der Waals surface area contributed by atoms with Crippen LogP contribution in [0.3, 0.4) is 0 Å². The van der Waals surface area contributed by atoms with Crippen molar-refractivity contribution in [1.82, 2.24) is 9.80 Å². The van der Waals surface area contributed by atoms with Crippen molar-refractivity contribution in [3.05, 3.63) is 29.8 Å². The zero-order valence-electron chi connectivity index (χ0n) is 10.4. The van der Waals surface area contributed by atoms with Crippen molar-refractivity contribution in [2.75, 3.05) is 25.9 Å². The molecule has 1 saturated heterocycles. The number of anilines is 1. The quantitative estimate of drug-likeness (QED) is 0.773. The molecule has 0 aromatic heterocycles. The second kappa shape index (κ2) is 4.75. The van der Waals surface area contributed by atoms with Crippen LogP contribution in [0, 0.1) is 0 Å². The maximum absolute atomic E-state index is 11.9. The number of likely N-dealkylation sites (N-methyl/N-ethyl adjacent to an activating group) is 1. The van der Waals surface area contributed by atoms with E-state index in [2.05, 4.69) is 11.8 Å². The lowest BCUT2D eigenvalue weighted by Gasteiger charge is -2.38. The number of nitrogens with two attached hydrogens (primary N) is 1. The number of hydrogen-bond acceptors (Lipinski definition) is 3. The van der Waals surface area contributed by atoms with Gasteiger partial charge in [0.25, 0.3) is 0 Å². The summed E-state index contributed by atoms with van der Waals surface area (Å²) in [6.45, 7) is 4.21. The second-order valence-electron chi connectivity index (χ2n) is 4.81. The Labute approximate surface area is 102 Å². The SMILES string of the molecule is CC1CN(C)CC(=O)N1Cc1ccc(N)cc1. The van der Waals surface area contributed by atoms with Gasteiger partial charge in [-0.15, -0.1) is 0 Å². The molecule has 4 heteroatoms. The second-order valence-corrected chi connectivity index (χ2v) is 4.81. The van der Waals surface area contributed by atoms with E-state index in [4.69, 9.17) is 5.73 Å². The zero-order chi connectivity index (χ0) is 12.4. The van der Waals surface area contributed by atoms with Crippen molar-refractivity contribution < 1.29 is 4.79 Å². The van der Waals surface area contributed by atoms with E-state index in [-0.39, 0.29) is 11.9 Å². The third kappa shape index (κ3) is 2.77. The molecule has 0 bridgehead atoms. The minimum atomic E-state index is 0.197. The van der Waals surface area contributed by atoms with E-state index < -0.39 is 0 Å². The number of amides is 1. The number of piperazine rings is 1. The Kier molecular flexibility index (Phi) is 3.33. The molecule has 2 N–H and O–H groups in total. The van der Waals surface area contributed by atoms with Crippen LogP contribution in [-0.2, 0) is 11.3 Å². The van der Waals surface area contributed by atoms with Crippen LogP contribution >= 0.6 is 0 Å². The third-order valence-corrected chi connectivity index (χ3v) is 3.17. The molecule has 1 heterocycles. The van der Waals surface area contributed by atoms with E-state index in [0.29, 0.717) is 13.1 Å². The molecule has 0 spiro atoms. The molecule has 0 radical (unpaired) electrons. The van der Waals surface area contributed by atoms with Gasteiger partial charge in [0.1, 0.15) is 0 Å². The summed E-state index contributed by atoms with van der Waals surface area (Å²) in [6, 6.07) is 7.97. The molecule has 1 atom stereocenters. The van der Waals surface area contributed by atoms with Crippen LogP contribution in [0.25, 0.3) is 0 Å². The number of carbonyl (C=O) groups excluding carboxylic acids is 1. The van der Waals surface area contributed by atoms with Crippen LogP contribution < -0.4 is 5.73 Å². The number of nitrogens with zero attached hydrogens (tertiary/aromatic N) is 2. The van der Waals surface area contributed by atoms with Gasteiger partial charge in [0.05, 0.1) is 6.54 Å². The normalized spacial score (nSPS) is 21.9. The number of hydrogen-bond donors (Lipinski definition) is 1. The minimum Gasteiger partial charge on any atom is -0.399 e. The van der Waals surface area contributed by atoms with Crippen LogP contribution in [0.5, 0.6) is 0 Å². The maximum Gasteiger partial charge on any atom is 0.237 e. The Morgan fingerprint density at radius 2 is 2.00 bits per heavy atom. The van der Waals surface area contributed by atoms with Crippen LogP contribution in [0.15, 0.2) is 24.3 Å². The van der Waals surface area contributed by atoms with Crippen molar-refractivity contribution >= 4 is 11.6 Å². The summed E-state index contributed by atoms with van der Waals surface area (Å²) < 4.78 is 0. The summed E-state index contributed by atoms with van der Waals surface area (Å²) in [6.07, 6.45) is 0. The van der Waals surface area contributed by atoms with Crippen molar-refractivity contribution in [2.45, 2.75) is 19.5 Å². The van der Waals surface area contributed by atoms with Crippen LogP contribution in [0.1, 0.15) is 12.5 Å². The van der Waals surface area contributed by atoms with Crippen molar-refractivity contribution in [2.24, 2.45) is 0 Å². The molecular weight excluding hydrogens is 214 g/mol. The highest BCUT2D eigenvalue weighted by Crippen LogP contribution is 2.15. The fourth-order valence-corrected chi connectivity index (χ4v) is 2.25. The maximum atomic E-state index is 11.9. The zero-order valence-corrected chi connectivity index (χ0v) is 10.4. The molecular formula is C13H19N3O. The molecule has 1 aliphatic rings. The van der Waals surface area contributed by atoms with Gasteiger partial charge >= 0.3 is 0 Å². The van der Waals surface area contributed by atoms with Gasteiger partial charge in [-0.05, 0) is 31.7 Å². The number of benzene rings is 1. The summed E-state index contributed by atoms with van der Waals surface area (Å²) in [7, 11) is 1.98. The van der Waals surface area contributed by atoms with Crippen molar-refractivity contribution in [3.8, 4) is 0 Å². The molecule has 1 fully saturated rings.